The van der Waals surface area contributed by atoms with Gasteiger partial charge in [0.2, 0.25) is 0 Å². The molecule has 3 heterocycles. The Morgan fingerprint density at radius 1 is 1.02 bits per heavy atom. The van der Waals surface area contributed by atoms with Gasteiger partial charge < -0.3 is 14.4 Å². The van der Waals surface area contributed by atoms with Gasteiger partial charge in [-0.3, -0.25) is 9.69 Å². The van der Waals surface area contributed by atoms with Crippen LogP contribution in [0, 0.1) is 12.3 Å². The first-order chi connectivity index (χ1) is 21.0. The average molecular weight is 611 g/mol. The molecule has 8 heteroatoms. The predicted octanol–water partition coefficient (Wildman–Crippen LogP) is 6.70. The Balaban J connectivity index is 1.18. The summed E-state index contributed by atoms with van der Waals surface area (Å²) >= 11 is 0. The third kappa shape index (κ3) is 6.34. The van der Waals surface area contributed by atoms with Crippen LogP contribution in [0.3, 0.4) is 0 Å². The summed E-state index contributed by atoms with van der Waals surface area (Å²) in [5.41, 5.74) is 6.24. The molecule has 0 aromatic heterocycles. The Morgan fingerprint density at radius 2 is 1.66 bits per heavy atom. The van der Waals surface area contributed by atoms with Crippen LogP contribution in [0.4, 0.5) is 5.69 Å². The summed E-state index contributed by atoms with van der Waals surface area (Å²) < 4.78 is 12.1. The van der Waals surface area contributed by atoms with Crippen molar-refractivity contribution in [2.24, 2.45) is 10.5 Å². The Hall–Kier alpha value is -3.46. The number of anilines is 1. The maximum Gasteiger partial charge on any atom is 0.267 e. The lowest BCUT2D eigenvalue weighted by Crippen LogP contribution is -2.57. The van der Waals surface area contributed by atoms with Crippen molar-refractivity contribution in [3.8, 4) is 5.75 Å². The molecule has 44 heavy (non-hydrogen) atoms. The maximum atomic E-state index is 13.4. The van der Waals surface area contributed by atoms with Gasteiger partial charge in [-0.15, -0.1) is 0 Å². The van der Waals surface area contributed by atoms with Crippen LogP contribution < -0.4 is 9.64 Å². The Bertz CT molecular complexity index is 1480. The highest BCUT2D eigenvalue weighted by atomic mass is 28.3. The number of amides is 1. The lowest BCUT2D eigenvalue weighted by molar-refractivity contribution is -0.138. The number of nitrogens with zero attached hydrogens (tertiary/aromatic N) is 4. The molecule has 1 unspecified atom stereocenters. The number of aryl methyl sites for hydroxylation is 1. The van der Waals surface area contributed by atoms with Crippen LogP contribution in [0.2, 0.25) is 25.7 Å². The minimum absolute atomic E-state index is 0.0498. The minimum atomic E-state index is -1.20. The smallest absolute Gasteiger partial charge is 0.267 e. The highest BCUT2D eigenvalue weighted by molar-refractivity contribution is 6.76. The molecule has 1 saturated heterocycles. The summed E-state index contributed by atoms with van der Waals surface area (Å²) in [6.45, 7) is 16.7. The van der Waals surface area contributed by atoms with Crippen LogP contribution in [0.1, 0.15) is 42.1 Å². The second-order valence-corrected chi connectivity index (χ2v) is 19.9. The number of carbonyl (C=O) groups excluding carboxylic acids is 1. The van der Waals surface area contributed by atoms with Crippen molar-refractivity contribution in [1.82, 2.24) is 9.91 Å². The molecular weight excluding hydrogens is 565 g/mol. The molecule has 0 aliphatic carbocycles. The number of likely N-dealkylation sites (tertiary alicyclic amines) is 1. The van der Waals surface area contributed by atoms with Crippen molar-refractivity contribution < 1.29 is 14.3 Å². The van der Waals surface area contributed by atoms with Gasteiger partial charge in [0.1, 0.15) is 25.1 Å². The molecule has 1 atom stereocenters. The van der Waals surface area contributed by atoms with E-state index in [0.717, 1.165) is 42.8 Å². The van der Waals surface area contributed by atoms with Gasteiger partial charge in [0, 0.05) is 27.8 Å². The van der Waals surface area contributed by atoms with Crippen molar-refractivity contribution in [2.75, 3.05) is 37.9 Å². The Kier molecular flexibility index (Phi) is 8.43. The lowest BCUT2D eigenvalue weighted by Gasteiger charge is -2.52. The van der Waals surface area contributed by atoms with Crippen LogP contribution in [0.15, 0.2) is 77.9 Å². The van der Waals surface area contributed by atoms with Gasteiger partial charge >= 0.3 is 0 Å². The highest BCUT2D eigenvalue weighted by Gasteiger charge is 2.44. The molecule has 0 radical (unpaired) electrons. The van der Waals surface area contributed by atoms with Gasteiger partial charge in [0.05, 0.1) is 11.7 Å². The predicted molar refractivity (Wildman–Crippen MR) is 180 cm³/mol. The molecule has 3 aliphatic rings. The number of amidine groups is 1. The number of hydrazone groups is 1. The Morgan fingerprint density at radius 3 is 2.27 bits per heavy atom. The summed E-state index contributed by atoms with van der Waals surface area (Å²) in [7, 11) is -1.20. The largest absolute Gasteiger partial charge is 0.483 e. The zero-order valence-corrected chi connectivity index (χ0v) is 28.0. The molecule has 1 amide bonds. The Labute approximate surface area is 263 Å². The summed E-state index contributed by atoms with van der Waals surface area (Å²) in [5, 5.41) is 6.17. The molecule has 7 nitrogen and oxygen atoms in total. The number of carbonyl (C=O) groups is 1. The van der Waals surface area contributed by atoms with E-state index in [9.17, 15) is 4.79 Å². The molecule has 3 aromatic rings. The standard InChI is InChI=1S/C36H46N4O3Si/c1-26-19-32-31(40-27(2)35(41)39(37-33(40)22-43-32)25-42-17-18-44(4,5)6)20-30(26)21-36(3)23-38(24-36)34(28-13-9-7-10-14-28)29-15-11-8-12-16-29/h7-16,19-20,27,34H,17-18,21-25H2,1-6H3. The minimum Gasteiger partial charge on any atom is -0.483 e. The van der Waals surface area contributed by atoms with Crippen molar-refractivity contribution in [2.45, 2.75) is 65.0 Å². The van der Waals surface area contributed by atoms with E-state index in [0.29, 0.717) is 13.2 Å². The molecule has 0 N–H and O–H groups in total. The van der Waals surface area contributed by atoms with E-state index in [4.69, 9.17) is 14.6 Å². The van der Waals surface area contributed by atoms with Crippen LogP contribution in [0.5, 0.6) is 5.75 Å². The third-order valence-corrected chi connectivity index (χ3v) is 10.8. The van der Waals surface area contributed by atoms with E-state index >= 15 is 0 Å². The first kappa shape index (κ1) is 30.6. The van der Waals surface area contributed by atoms with Crippen molar-refractivity contribution in [3.63, 3.8) is 0 Å². The fourth-order valence-corrected chi connectivity index (χ4v) is 7.53. The topological polar surface area (TPSA) is 57.6 Å². The lowest BCUT2D eigenvalue weighted by atomic mass is 9.74. The van der Waals surface area contributed by atoms with Gasteiger partial charge in [-0.25, -0.2) is 5.01 Å². The fourth-order valence-electron chi connectivity index (χ4n) is 6.78. The normalized spacial score (nSPS) is 19.7. The number of hydrogen-bond acceptors (Lipinski definition) is 6. The van der Waals surface area contributed by atoms with Gasteiger partial charge in [-0.1, -0.05) is 87.2 Å². The van der Waals surface area contributed by atoms with Crippen LogP contribution in [-0.2, 0) is 16.0 Å². The van der Waals surface area contributed by atoms with Crippen molar-refractivity contribution in [1.29, 1.82) is 0 Å². The molecular formula is C36H46N4O3Si. The molecule has 3 aliphatic heterocycles. The zero-order valence-electron chi connectivity index (χ0n) is 27.0. The van der Waals surface area contributed by atoms with Gasteiger partial charge in [-0.05, 0) is 66.1 Å². The second kappa shape index (κ2) is 12.1. The van der Waals surface area contributed by atoms with E-state index in [1.165, 1.54) is 27.3 Å². The van der Waals surface area contributed by atoms with E-state index in [-0.39, 0.29) is 30.1 Å². The molecule has 0 saturated carbocycles. The van der Waals surface area contributed by atoms with Crippen LogP contribution in [0.25, 0.3) is 0 Å². The first-order valence-corrected chi connectivity index (χ1v) is 19.6. The molecule has 6 rings (SSSR count). The number of fused-ring (bicyclic) bond motifs is 3. The SMILES string of the molecule is Cc1cc2c(cc1CC1(C)CN(C(c3ccccc3)c3ccccc3)C1)N1C(=NN(COCC[Si](C)(C)C)C(=O)C1C)CO2. The summed E-state index contributed by atoms with van der Waals surface area (Å²) in [6, 6.07) is 26.9. The van der Waals surface area contributed by atoms with E-state index in [2.05, 4.69) is 116 Å². The summed E-state index contributed by atoms with van der Waals surface area (Å²) in [6.07, 6.45) is 0.957. The molecule has 1 fully saturated rings. The monoisotopic (exact) mass is 610 g/mol. The van der Waals surface area contributed by atoms with Gasteiger partial charge in [0.15, 0.2) is 5.84 Å². The first-order valence-electron chi connectivity index (χ1n) is 15.9. The van der Waals surface area contributed by atoms with E-state index in [1.54, 1.807) is 0 Å². The third-order valence-electron chi connectivity index (χ3n) is 9.14. The molecule has 3 aromatic carbocycles. The number of hydrogen-bond donors (Lipinski definition) is 0. The van der Waals surface area contributed by atoms with E-state index < -0.39 is 8.07 Å². The fraction of sp³-hybridized carbons (Fsp3) is 0.444. The number of ether oxygens (including phenoxy) is 2. The van der Waals surface area contributed by atoms with Crippen molar-refractivity contribution in [3.05, 3.63) is 95.1 Å². The quantitative estimate of drug-likeness (QED) is 0.189. The average Bonchev–Trinajstić information content (AvgIpc) is 2.98. The van der Waals surface area contributed by atoms with E-state index in [1.807, 2.05) is 6.92 Å². The summed E-state index contributed by atoms with van der Waals surface area (Å²) in [4.78, 5) is 18.1. The molecule has 0 spiro atoms. The van der Waals surface area contributed by atoms with Crippen molar-refractivity contribution >= 4 is 25.5 Å². The van der Waals surface area contributed by atoms with Gasteiger partial charge in [0.25, 0.3) is 5.91 Å². The van der Waals surface area contributed by atoms with Crippen LogP contribution >= 0.6 is 0 Å². The summed E-state index contributed by atoms with van der Waals surface area (Å²) in [5.74, 6) is 1.52. The number of rotatable bonds is 10. The van der Waals surface area contributed by atoms with Crippen LogP contribution in [-0.4, -0.2) is 68.8 Å². The molecule has 0 bridgehead atoms. The zero-order chi connectivity index (χ0) is 31.1. The maximum absolute atomic E-state index is 13.4. The number of benzene rings is 3. The second-order valence-electron chi connectivity index (χ2n) is 14.3. The molecule has 232 valence electrons. The van der Waals surface area contributed by atoms with Gasteiger partial charge in [-0.2, -0.15) is 5.10 Å². The highest BCUT2D eigenvalue weighted by Crippen LogP contribution is 2.44.